The minimum atomic E-state index is -3.58. The molecule has 0 saturated heterocycles. The van der Waals surface area contributed by atoms with Crippen molar-refractivity contribution in [1.29, 1.82) is 0 Å². The molecular weight excluding hydrogens is 408 g/mol. The van der Waals surface area contributed by atoms with Gasteiger partial charge in [-0.15, -0.1) is 0 Å². The van der Waals surface area contributed by atoms with Gasteiger partial charge in [0.15, 0.2) is 0 Å². The number of sulfonamides is 1. The number of benzene rings is 3. The topological polar surface area (TPSA) is 57.7 Å². The first-order chi connectivity index (χ1) is 14.8. The Kier molecular flexibility index (Phi) is 5.69. The molecule has 4 rings (SSSR count). The maximum Gasteiger partial charge on any atom is 0.258 e. The number of carbonyl (C=O) groups is 1. The fourth-order valence-electron chi connectivity index (χ4n) is 4.00. The zero-order chi connectivity index (χ0) is 22.2. The zero-order valence-electron chi connectivity index (χ0n) is 17.9. The Morgan fingerprint density at radius 3 is 2.32 bits per heavy atom. The van der Waals surface area contributed by atoms with Crippen molar-refractivity contribution in [3.8, 4) is 0 Å². The summed E-state index contributed by atoms with van der Waals surface area (Å²) < 4.78 is 27.0. The quantitative estimate of drug-likeness (QED) is 0.598. The number of hydrogen-bond acceptors (Lipinski definition) is 3. The molecule has 3 aromatic carbocycles. The van der Waals surface area contributed by atoms with E-state index in [1.54, 1.807) is 43.4 Å². The van der Waals surface area contributed by atoms with Crippen molar-refractivity contribution in [2.45, 2.75) is 37.8 Å². The molecule has 160 valence electrons. The van der Waals surface area contributed by atoms with E-state index in [1.165, 1.54) is 9.87 Å². The highest BCUT2D eigenvalue weighted by atomic mass is 32.2. The summed E-state index contributed by atoms with van der Waals surface area (Å²) in [4.78, 5) is 15.3. The molecule has 1 amide bonds. The van der Waals surface area contributed by atoms with Crippen LogP contribution in [0.5, 0.6) is 0 Å². The predicted octanol–water partition coefficient (Wildman–Crippen LogP) is 4.41. The SMILES string of the molecule is Cc1ccc(S(=O)(=O)N(C)Cc2ccc(C(=O)N3c4ccccc4C[C@H]3C)cc2)cc1. The lowest BCUT2D eigenvalue weighted by Gasteiger charge is -2.23. The smallest absolute Gasteiger partial charge is 0.258 e. The van der Waals surface area contributed by atoms with Crippen LogP contribution >= 0.6 is 0 Å². The Morgan fingerprint density at radius 2 is 1.65 bits per heavy atom. The van der Waals surface area contributed by atoms with Gasteiger partial charge in [-0.2, -0.15) is 4.31 Å². The first-order valence-corrected chi connectivity index (χ1v) is 11.7. The van der Waals surface area contributed by atoms with E-state index in [1.807, 2.05) is 42.2 Å². The number of para-hydroxylation sites is 1. The number of nitrogens with zero attached hydrogens (tertiary/aromatic N) is 2. The third-order valence-corrected chi connectivity index (χ3v) is 7.58. The van der Waals surface area contributed by atoms with E-state index in [9.17, 15) is 13.2 Å². The molecule has 0 radical (unpaired) electrons. The van der Waals surface area contributed by atoms with E-state index >= 15 is 0 Å². The average Bonchev–Trinajstić information content (AvgIpc) is 3.09. The predicted molar refractivity (Wildman–Crippen MR) is 123 cm³/mol. The summed E-state index contributed by atoms with van der Waals surface area (Å²) in [5, 5.41) is 0. The van der Waals surface area contributed by atoms with Gasteiger partial charge in [0.05, 0.1) is 4.90 Å². The van der Waals surface area contributed by atoms with Crippen molar-refractivity contribution < 1.29 is 13.2 Å². The molecule has 0 saturated carbocycles. The first kappa shape index (κ1) is 21.3. The van der Waals surface area contributed by atoms with Gasteiger partial charge in [-0.25, -0.2) is 8.42 Å². The van der Waals surface area contributed by atoms with Gasteiger partial charge in [0, 0.05) is 30.9 Å². The number of aryl methyl sites for hydroxylation is 1. The Labute approximate surface area is 184 Å². The van der Waals surface area contributed by atoms with Crippen molar-refractivity contribution in [3.63, 3.8) is 0 Å². The van der Waals surface area contributed by atoms with Crippen molar-refractivity contribution in [2.75, 3.05) is 11.9 Å². The van der Waals surface area contributed by atoms with E-state index < -0.39 is 10.0 Å². The molecule has 1 heterocycles. The Hall–Kier alpha value is -2.96. The maximum absolute atomic E-state index is 13.1. The van der Waals surface area contributed by atoms with Crippen molar-refractivity contribution >= 4 is 21.6 Å². The molecule has 5 nitrogen and oxygen atoms in total. The van der Waals surface area contributed by atoms with Crippen LogP contribution in [0, 0.1) is 6.92 Å². The lowest BCUT2D eigenvalue weighted by atomic mass is 10.1. The molecule has 0 N–H and O–H groups in total. The number of rotatable bonds is 5. The van der Waals surface area contributed by atoms with Crippen LogP contribution in [0.1, 0.15) is 34.0 Å². The number of anilines is 1. The van der Waals surface area contributed by atoms with Gasteiger partial charge in [0.25, 0.3) is 5.91 Å². The summed E-state index contributed by atoms with van der Waals surface area (Å²) in [5.41, 5.74) is 4.58. The maximum atomic E-state index is 13.1. The Bertz CT molecular complexity index is 1200. The number of fused-ring (bicyclic) bond motifs is 1. The average molecular weight is 435 g/mol. The third-order valence-electron chi connectivity index (χ3n) is 5.76. The van der Waals surface area contributed by atoms with Gasteiger partial charge in [-0.05, 0) is 61.7 Å². The van der Waals surface area contributed by atoms with Gasteiger partial charge < -0.3 is 4.90 Å². The Morgan fingerprint density at radius 1 is 1.00 bits per heavy atom. The van der Waals surface area contributed by atoms with Crippen molar-refractivity contribution in [3.05, 3.63) is 95.1 Å². The molecule has 31 heavy (non-hydrogen) atoms. The molecular formula is C25H26N2O3S. The monoisotopic (exact) mass is 434 g/mol. The summed E-state index contributed by atoms with van der Waals surface area (Å²) >= 11 is 0. The van der Waals surface area contributed by atoms with Crippen LogP contribution in [0.15, 0.2) is 77.7 Å². The van der Waals surface area contributed by atoms with Gasteiger partial charge in [-0.1, -0.05) is 48.0 Å². The van der Waals surface area contributed by atoms with Gasteiger partial charge in [-0.3, -0.25) is 4.79 Å². The lowest BCUT2D eigenvalue weighted by Crippen LogP contribution is -2.35. The summed E-state index contributed by atoms with van der Waals surface area (Å²) in [6.45, 7) is 4.20. The normalized spacial score (nSPS) is 15.9. The summed E-state index contributed by atoms with van der Waals surface area (Å²) in [6, 6.07) is 22.1. The summed E-state index contributed by atoms with van der Waals surface area (Å²) in [5.74, 6) is -0.0374. The second-order valence-electron chi connectivity index (χ2n) is 8.13. The van der Waals surface area contributed by atoms with Crippen LogP contribution < -0.4 is 4.90 Å². The van der Waals surface area contributed by atoms with Crippen LogP contribution in [-0.4, -0.2) is 31.7 Å². The molecule has 0 bridgehead atoms. The summed E-state index contributed by atoms with van der Waals surface area (Å²) in [7, 11) is -2.01. The largest absolute Gasteiger partial charge is 0.305 e. The van der Waals surface area contributed by atoms with Crippen molar-refractivity contribution in [2.24, 2.45) is 0 Å². The highest BCUT2D eigenvalue weighted by molar-refractivity contribution is 7.89. The van der Waals surface area contributed by atoms with E-state index in [4.69, 9.17) is 0 Å². The molecule has 0 fully saturated rings. The second kappa shape index (κ2) is 8.29. The molecule has 6 heteroatoms. The molecule has 1 aliphatic heterocycles. The number of carbonyl (C=O) groups excluding carboxylic acids is 1. The van der Waals surface area contributed by atoms with E-state index in [-0.39, 0.29) is 23.4 Å². The fourth-order valence-corrected chi connectivity index (χ4v) is 5.16. The van der Waals surface area contributed by atoms with Crippen LogP contribution in [0.2, 0.25) is 0 Å². The van der Waals surface area contributed by atoms with E-state index in [0.717, 1.165) is 23.2 Å². The third kappa shape index (κ3) is 4.13. The van der Waals surface area contributed by atoms with Crippen LogP contribution in [-0.2, 0) is 23.0 Å². The van der Waals surface area contributed by atoms with E-state index in [0.29, 0.717) is 5.56 Å². The number of hydrogen-bond donors (Lipinski definition) is 0. The Balaban J connectivity index is 1.50. The zero-order valence-corrected chi connectivity index (χ0v) is 18.8. The molecule has 3 aromatic rings. The molecule has 1 atom stereocenters. The minimum absolute atomic E-state index is 0.0374. The molecule has 0 spiro atoms. The van der Waals surface area contributed by atoms with E-state index in [2.05, 4.69) is 13.0 Å². The molecule has 0 aliphatic carbocycles. The standard InChI is InChI=1S/C25H26N2O3S/c1-18-8-14-23(15-9-18)31(29,30)26(3)17-20-10-12-21(13-11-20)25(28)27-19(2)16-22-6-4-5-7-24(22)27/h4-15,19H,16-17H2,1-3H3/t19-/m1/s1. The van der Waals surface area contributed by atoms with Gasteiger partial charge in [0.2, 0.25) is 10.0 Å². The first-order valence-electron chi connectivity index (χ1n) is 10.3. The minimum Gasteiger partial charge on any atom is -0.305 e. The van der Waals surface area contributed by atoms with Crippen LogP contribution in [0.25, 0.3) is 0 Å². The highest BCUT2D eigenvalue weighted by Crippen LogP contribution is 2.33. The second-order valence-corrected chi connectivity index (χ2v) is 10.2. The fraction of sp³-hybridized carbons (Fsp3) is 0.240. The van der Waals surface area contributed by atoms with Gasteiger partial charge in [0.1, 0.15) is 0 Å². The highest BCUT2D eigenvalue weighted by Gasteiger charge is 2.31. The lowest BCUT2D eigenvalue weighted by molar-refractivity contribution is 0.0981. The van der Waals surface area contributed by atoms with Crippen molar-refractivity contribution in [1.82, 2.24) is 4.31 Å². The molecule has 0 unspecified atom stereocenters. The molecule has 0 aromatic heterocycles. The van der Waals surface area contributed by atoms with Gasteiger partial charge >= 0.3 is 0 Å². The summed E-state index contributed by atoms with van der Waals surface area (Å²) in [6.07, 6.45) is 0.849. The molecule has 1 aliphatic rings. The van der Waals surface area contributed by atoms with Crippen LogP contribution in [0.4, 0.5) is 5.69 Å². The van der Waals surface area contributed by atoms with Crippen LogP contribution in [0.3, 0.4) is 0 Å². The number of amides is 1.